The van der Waals surface area contributed by atoms with Gasteiger partial charge in [-0.2, -0.15) is 0 Å². The SMILES string of the molecule is COc1cc([C@H](C)O)ccc1OCc1c(F)cccc1Cl. The number of hydrogen-bond acceptors (Lipinski definition) is 3. The summed E-state index contributed by atoms with van der Waals surface area (Å²) in [6.07, 6.45) is -0.603. The lowest BCUT2D eigenvalue weighted by atomic mass is 10.1. The molecule has 1 atom stereocenters. The predicted octanol–water partition coefficient (Wildman–Crippen LogP) is 4.12. The van der Waals surface area contributed by atoms with Gasteiger partial charge in [-0.15, -0.1) is 0 Å². The van der Waals surface area contributed by atoms with Gasteiger partial charge in [0, 0.05) is 5.56 Å². The van der Waals surface area contributed by atoms with Gasteiger partial charge in [-0.3, -0.25) is 0 Å². The number of hydrogen-bond donors (Lipinski definition) is 1. The van der Waals surface area contributed by atoms with Gasteiger partial charge in [0.05, 0.1) is 18.2 Å². The van der Waals surface area contributed by atoms with Gasteiger partial charge in [0.25, 0.3) is 0 Å². The molecule has 0 aliphatic heterocycles. The summed E-state index contributed by atoms with van der Waals surface area (Å²) in [6.45, 7) is 1.66. The molecular formula is C16H16ClFO3. The Balaban J connectivity index is 2.20. The van der Waals surface area contributed by atoms with Crippen LogP contribution >= 0.6 is 11.6 Å². The van der Waals surface area contributed by atoms with Crippen LogP contribution in [0.5, 0.6) is 11.5 Å². The van der Waals surface area contributed by atoms with E-state index in [2.05, 4.69) is 0 Å². The smallest absolute Gasteiger partial charge is 0.161 e. The van der Waals surface area contributed by atoms with Crippen LogP contribution in [0.3, 0.4) is 0 Å². The molecule has 2 aromatic rings. The highest BCUT2D eigenvalue weighted by molar-refractivity contribution is 6.31. The van der Waals surface area contributed by atoms with Crippen LogP contribution in [-0.2, 0) is 6.61 Å². The topological polar surface area (TPSA) is 38.7 Å². The first-order valence-corrected chi connectivity index (χ1v) is 6.82. The molecule has 5 heteroatoms. The summed E-state index contributed by atoms with van der Waals surface area (Å²) in [6, 6.07) is 9.57. The minimum absolute atomic E-state index is 0.00408. The molecule has 2 rings (SSSR count). The van der Waals surface area contributed by atoms with E-state index < -0.39 is 11.9 Å². The Hall–Kier alpha value is -1.78. The third kappa shape index (κ3) is 3.65. The van der Waals surface area contributed by atoms with Crippen LogP contribution in [-0.4, -0.2) is 12.2 Å². The molecule has 0 amide bonds. The summed E-state index contributed by atoms with van der Waals surface area (Å²) < 4.78 is 24.5. The average Bonchev–Trinajstić information content (AvgIpc) is 2.46. The summed E-state index contributed by atoms with van der Waals surface area (Å²) in [5.74, 6) is 0.518. The van der Waals surface area contributed by atoms with Crippen molar-refractivity contribution < 1.29 is 19.0 Å². The van der Waals surface area contributed by atoms with Gasteiger partial charge in [-0.05, 0) is 36.8 Å². The standard InChI is InChI=1S/C16H16ClFO3/c1-10(19)11-6-7-15(16(8-11)20-2)21-9-12-13(17)4-3-5-14(12)18/h3-8,10,19H,9H2,1-2H3/t10-/m0/s1. The fourth-order valence-corrected chi connectivity index (χ4v) is 2.10. The van der Waals surface area contributed by atoms with E-state index in [9.17, 15) is 9.50 Å². The molecule has 21 heavy (non-hydrogen) atoms. The Morgan fingerprint density at radius 3 is 2.62 bits per heavy atom. The molecule has 0 aliphatic rings. The fourth-order valence-electron chi connectivity index (χ4n) is 1.88. The summed E-state index contributed by atoms with van der Waals surface area (Å²) in [5, 5.41) is 9.87. The number of aliphatic hydroxyl groups excluding tert-OH is 1. The van der Waals surface area contributed by atoms with Gasteiger partial charge in [-0.1, -0.05) is 23.7 Å². The Morgan fingerprint density at radius 1 is 1.24 bits per heavy atom. The zero-order valence-corrected chi connectivity index (χ0v) is 12.5. The number of halogens is 2. The van der Waals surface area contributed by atoms with Gasteiger partial charge in [0.1, 0.15) is 12.4 Å². The number of methoxy groups -OCH3 is 1. The van der Waals surface area contributed by atoms with Crippen molar-refractivity contribution in [3.05, 3.63) is 58.4 Å². The Labute approximate surface area is 127 Å². The minimum atomic E-state index is -0.603. The van der Waals surface area contributed by atoms with Crippen molar-refractivity contribution in [2.24, 2.45) is 0 Å². The molecule has 0 spiro atoms. The van der Waals surface area contributed by atoms with E-state index >= 15 is 0 Å². The lowest BCUT2D eigenvalue weighted by molar-refractivity contribution is 0.198. The van der Waals surface area contributed by atoms with E-state index in [0.717, 1.165) is 0 Å². The molecule has 0 radical (unpaired) electrons. The normalized spacial score (nSPS) is 12.0. The first kappa shape index (κ1) is 15.6. The molecule has 0 saturated heterocycles. The lowest BCUT2D eigenvalue weighted by Crippen LogP contribution is -2.02. The highest BCUT2D eigenvalue weighted by atomic mass is 35.5. The maximum Gasteiger partial charge on any atom is 0.161 e. The third-order valence-corrected chi connectivity index (χ3v) is 3.46. The van der Waals surface area contributed by atoms with Gasteiger partial charge >= 0.3 is 0 Å². The quantitative estimate of drug-likeness (QED) is 0.903. The van der Waals surface area contributed by atoms with Crippen molar-refractivity contribution in [2.75, 3.05) is 7.11 Å². The van der Waals surface area contributed by atoms with Crippen molar-refractivity contribution in [1.82, 2.24) is 0 Å². The van der Waals surface area contributed by atoms with E-state index in [-0.39, 0.29) is 6.61 Å². The van der Waals surface area contributed by atoms with E-state index in [1.807, 2.05) is 0 Å². The maximum absolute atomic E-state index is 13.7. The van der Waals surface area contributed by atoms with Gasteiger partial charge in [-0.25, -0.2) is 4.39 Å². The van der Waals surface area contributed by atoms with Crippen LogP contribution < -0.4 is 9.47 Å². The van der Waals surface area contributed by atoms with Crippen LogP contribution in [0.1, 0.15) is 24.2 Å². The monoisotopic (exact) mass is 310 g/mol. The third-order valence-electron chi connectivity index (χ3n) is 3.10. The summed E-state index contributed by atoms with van der Waals surface area (Å²) in [5.41, 5.74) is 1.00. The van der Waals surface area contributed by atoms with Crippen LogP contribution in [0.4, 0.5) is 4.39 Å². The van der Waals surface area contributed by atoms with E-state index in [1.165, 1.54) is 13.2 Å². The van der Waals surface area contributed by atoms with Crippen molar-refractivity contribution in [2.45, 2.75) is 19.6 Å². The molecule has 0 heterocycles. The van der Waals surface area contributed by atoms with Gasteiger partial charge < -0.3 is 14.6 Å². The molecule has 112 valence electrons. The van der Waals surface area contributed by atoms with Crippen molar-refractivity contribution in [3.63, 3.8) is 0 Å². The number of benzene rings is 2. The lowest BCUT2D eigenvalue weighted by Gasteiger charge is -2.14. The highest BCUT2D eigenvalue weighted by Crippen LogP contribution is 2.31. The molecule has 0 aliphatic carbocycles. The Kier molecular flexibility index (Phi) is 5.04. The Bertz CT molecular complexity index is 609. The first-order chi connectivity index (χ1) is 10.0. The largest absolute Gasteiger partial charge is 0.493 e. The highest BCUT2D eigenvalue weighted by Gasteiger charge is 2.12. The molecule has 0 aromatic heterocycles. The second-order valence-electron chi connectivity index (χ2n) is 4.58. The van der Waals surface area contributed by atoms with E-state index in [4.69, 9.17) is 21.1 Å². The fraction of sp³-hybridized carbons (Fsp3) is 0.250. The van der Waals surface area contributed by atoms with Gasteiger partial charge in [0.15, 0.2) is 11.5 Å². The molecule has 0 bridgehead atoms. The summed E-state index contributed by atoms with van der Waals surface area (Å²) in [4.78, 5) is 0. The van der Waals surface area contributed by atoms with Crippen LogP contribution in [0.25, 0.3) is 0 Å². The number of rotatable bonds is 5. The predicted molar refractivity (Wildman–Crippen MR) is 79.4 cm³/mol. The Morgan fingerprint density at radius 2 is 2.00 bits per heavy atom. The summed E-state index contributed by atoms with van der Waals surface area (Å²) in [7, 11) is 1.50. The number of ether oxygens (including phenoxy) is 2. The van der Waals surface area contributed by atoms with Crippen LogP contribution in [0, 0.1) is 5.82 Å². The molecule has 3 nitrogen and oxygen atoms in total. The van der Waals surface area contributed by atoms with E-state index in [0.29, 0.717) is 27.6 Å². The number of aliphatic hydroxyl groups is 1. The van der Waals surface area contributed by atoms with Crippen molar-refractivity contribution in [3.8, 4) is 11.5 Å². The molecule has 0 fully saturated rings. The minimum Gasteiger partial charge on any atom is -0.493 e. The molecular weight excluding hydrogens is 295 g/mol. The molecule has 1 N–H and O–H groups in total. The summed E-state index contributed by atoms with van der Waals surface area (Å²) >= 11 is 5.95. The zero-order valence-electron chi connectivity index (χ0n) is 11.8. The molecule has 2 aromatic carbocycles. The van der Waals surface area contributed by atoms with Gasteiger partial charge in [0.2, 0.25) is 0 Å². The maximum atomic E-state index is 13.7. The molecule has 0 unspecified atom stereocenters. The second kappa shape index (κ2) is 6.78. The van der Waals surface area contributed by atoms with E-state index in [1.54, 1.807) is 37.3 Å². The average molecular weight is 311 g/mol. The van der Waals surface area contributed by atoms with Crippen molar-refractivity contribution in [1.29, 1.82) is 0 Å². The van der Waals surface area contributed by atoms with Crippen LogP contribution in [0.15, 0.2) is 36.4 Å². The van der Waals surface area contributed by atoms with Crippen molar-refractivity contribution >= 4 is 11.6 Å². The van der Waals surface area contributed by atoms with Crippen LogP contribution in [0.2, 0.25) is 5.02 Å². The zero-order chi connectivity index (χ0) is 15.4. The first-order valence-electron chi connectivity index (χ1n) is 6.44. The second-order valence-corrected chi connectivity index (χ2v) is 4.98. The molecule has 0 saturated carbocycles.